The first-order valence-corrected chi connectivity index (χ1v) is 5.53. The summed E-state index contributed by atoms with van der Waals surface area (Å²) in [6.45, 7) is 0.558. The van der Waals surface area contributed by atoms with Crippen LogP contribution in [0, 0.1) is 5.82 Å². The lowest BCUT2D eigenvalue weighted by Gasteiger charge is -2.06. The summed E-state index contributed by atoms with van der Waals surface area (Å²) in [4.78, 5) is 10.9. The van der Waals surface area contributed by atoms with Gasteiger partial charge in [0.1, 0.15) is 5.82 Å². The van der Waals surface area contributed by atoms with Gasteiger partial charge in [-0.25, -0.2) is 4.39 Å². The Labute approximate surface area is 104 Å². The molecule has 0 saturated carbocycles. The number of anilines is 1. The highest BCUT2D eigenvalue weighted by atomic mass is 19.1. The zero-order chi connectivity index (χ0) is 13.0. The SMILES string of the molecule is NC(=O)c1ccc(CNc2cccc(F)c2)cc1. The van der Waals surface area contributed by atoms with Crippen LogP contribution in [0.15, 0.2) is 48.5 Å². The molecule has 0 bridgehead atoms. The molecule has 4 heteroatoms. The Balaban J connectivity index is 2.00. The fourth-order valence-corrected chi connectivity index (χ4v) is 1.59. The maximum absolute atomic E-state index is 12.9. The van der Waals surface area contributed by atoms with Crippen LogP contribution in [0.4, 0.5) is 10.1 Å². The van der Waals surface area contributed by atoms with Crippen LogP contribution in [0.25, 0.3) is 0 Å². The Morgan fingerprint density at radius 2 is 1.89 bits per heavy atom. The van der Waals surface area contributed by atoms with Crippen molar-refractivity contribution in [1.29, 1.82) is 0 Å². The number of hydrogen-bond acceptors (Lipinski definition) is 2. The van der Waals surface area contributed by atoms with Crippen LogP contribution in [-0.2, 0) is 6.54 Å². The molecule has 1 amide bonds. The molecule has 0 atom stereocenters. The number of primary amides is 1. The monoisotopic (exact) mass is 244 g/mol. The zero-order valence-corrected chi connectivity index (χ0v) is 9.69. The highest BCUT2D eigenvalue weighted by Gasteiger charge is 2.00. The molecule has 0 spiro atoms. The number of amides is 1. The van der Waals surface area contributed by atoms with Gasteiger partial charge >= 0.3 is 0 Å². The van der Waals surface area contributed by atoms with Crippen molar-refractivity contribution in [3.63, 3.8) is 0 Å². The van der Waals surface area contributed by atoms with Gasteiger partial charge in [0, 0.05) is 17.8 Å². The second-order valence-electron chi connectivity index (χ2n) is 3.93. The van der Waals surface area contributed by atoms with Gasteiger partial charge in [0.2, 0.25) is 5.91 Å². The maximum atomic E-state index is 12.9. The van der Waals surface area contributed by atoms with Crippen LogP contribution in [0.3, 0.4) is 0 Å². The number of nitrogens with two attached hydrogens (primary N) is 1. The minimum absolute atomic E-state index is 0.274. The summed E-state index contributed by atoms with van der Waals surface area (Å²) in [7, 11) is 0. The van der Waals surface area contributed by atoms with Gasteiger partial charge in [-0.2, -0.15) is 0 Å². The second-order valence-corrected chi connectivity index (χ2v) is 3.93. The van der Waals surface area contributed by atoms with E-state index in [1.54, 1.807) is 24.3 Å². The highest BCUT2D eigenvalue weighted by molar-refractivity contribution is 5.92. The lowest BCUT2D eigenvalue weighted by atomic mass is 10.1. The molecule has 3 nitrogen and oxygen atoms in total. The van der Waals surface area contributed by atoms with E-state index >= 15 is 0 Å². The number of benzene rings is 2. The molecule has 0 aliphatic heterocycles. The van der Waals surface area contributed by atoms with Gasteiger partial charge in [-0.1, -0.05) is 18.2 Å². The first-order valence-electron chi connectivity index (χ1n) is 5.53. The molecule has 18 heavy (non-hydrogen) atoms. The van der Waals surface area contributed by atoms with Crippen molar-refractivity contribution in [2.75, 3.05) is 5.32 Å². The fraction of sp³-hybridized carbons (Fsp3) is 0.0714. The second kappa shape index (κ2) is 5.31. The summed E-state index contributed by atoms with van der Waals surface area (Å²) in [6.07, 6.45) is 0. The molecule has 0 saturated heterocycles. The molecule has 92 valence electrons. The topological polar surface area (TPSA) is 55.1 Å². The quantitative estimate of drug-likeness (QED) is 0.868. The number of halogens is 1. The number of nitrogens with one attached hydrogen (secondary N) is 1. The number of hydrogen-bond donors (Lipinski definition) is 2. The van der Waals surface area contributed by atoms with Gasteiger partial charge in [-0.05, 0) is 35.9 Å². The molecule has 2 aromatic carbocycles. The molecule has 3 N–H and O–H groups in total. The van der Waals surface area contributed by atoms with Crippen molar-refractivity contribution in [3.8, 4) is 0 Å². The van der Waals surface area contributed by atoms with Gasteiger partial charge in [0.15, 0.2) is 0 Å². The summed E-state index contributed by atoms with van der Waals surface area (Å²) in [5.74, 6) is -0.719. The van der Waals surface area contributed by atoms with Crippen LogP contribution in [-0.4, -0.2) is 5.91 Å². The van der Waals surface area contributed by atoms with Crippen molar-refractivity contribution in [2.24, 2.45) is 5.73 Å². The van der Waals surface area contributed by atoms with E-state index in [9.17, 15) is 9.18 Å². The lowest BCUT2D eigenvalue weighted by molar-refractivity contribution is 0.100. The van der Waals surface area contributed by atoms with Crippen LogP contribution in [0.5, 0.6) is 0 Å². The average Bonchev–Trinajstić information content (AvgIpc) is 2.37. The third kappa shape index (κ3) is 3.07. The fourth-order valence-electron chi connectivity index (χ4n) is 1.59. The number of carbonyl (C=O) groups excluding carboxylic acids is 1. The number of rotatable bonds is 4. The Morgan fingerprint density at radius 3 is 2.50 bits per heavy atom. The largest absolute Gasteiger partial charge is 0.381 e. The molecular weight excluding hydrogens is 231 g/mol. The third-order valence-electron chi connectivity index (χ3n) is 2.56. The molecule has 0 aliphatic carbocycles. The van der Waals surface area contributed by atoms with Crippen LogP contribution in [0.2, 0.25) is 0 Å². The number of carbonyl (C=O) groups is 1. The van der Waals surface area contributed by atoms with E-state index in [0.717, 1.165) is 5.56 Å². The van der Waals surface area contributed by atoms with Crippen molar-refractivity contribution in [3.05, 3.63) is 65.5 Å². The summed E-state index contributed by atoms with van der Waals surface area (Å²) >= 11 is 0. The molecular formula is C14H13FN2O. The Bertz CT molecular complexity index is 552. The van der Waals surface area contributed by atoms with E-state index in [1.807, 2.05) is 12.1 Å². The smallest absolute Gasteiger partial charge is 0.248 e. The maximum Gasteiger partial charge on any atom is 0.248 e. The summed E-state index contributed by atoms with van der Waals surface area (Å²) in [6, 6.07) is 13.2. The van der Waals surface area contributed by atoms with Gasteiger partial charge in [-0.15, -0.1) is 0 Å². The molecule has 0 fully saturated rings. The van der Waals surface area contributed by atoms with Crippen LogP contribution < -0.4 is 11.1 Å². The first-order chi connectivity index (χ1) is 8.65. The summed E-state index contributed by atoms with van der Waals surface area (Å²) < 4.78 is 12.9. The lowest BCUT2D eigenvalue weighted by Crippen LogP contribution is -2.10. The van der Waals surface area contributed by atoms with E-state index in [0.29, 0.717) is 17.8 Å². The van der Waals surface area contributed by atoms with Crippen LogP contribution in [0.1, 0.15) is 15.9 Å². The van der Waals surface area contributed by atoms with Crippen LogP contribution >= 0.6 is 0 Å². The predicted molar refractivity (Wildman–Crippen MR) is 68.7 cm³/mol. The Morgan fingerprint density at radius 1 is 1.17 bits per heavy atom. The summed E-state index contributed by atoms with van der Waals surface area (Å²) in [5, 5.41) is 3.09. The Kier molecular flexibility index (Phi) is 3.57. The third-order valence-corrected chi connectivity index (χ3v) is 2.56. The molecule has 0 radical (unpaired) electrons. The van der Waals surface area contributed by atoms with Crippen molar-refractivity contribution >= 4 is 11.6 Å². The van der Waals surface area contributed by atoms with Gasteiger partial charge in [0.25, 0.3) is 0 Å². The zero-order valence-electron chi connectivity index (χ0n) is 9.69. The van der Waals surface area contributed by atoms with Crippen molar-refractivity contribution in [2.45, 2.75) is 6.54 Å². The van der Waals surface area contributed by atoms with E-state index in [4.69, 9.17) is 5.73 Å². The van der Waals surface area contributed by atoms with Gasteiger partial charge in [0.05, 0.1) is 0 Å². The highest BCUT2D eigenvalue weighted by Crippen LogP contribution is 2.11. The van der Waals surface area contributed by atoms with Crippen molar-refractivity contribution in [1.82, 2.24) is 0 Å². The first kappa shape index (κ1) is 12.1. The average molecular weight is 244 g/mol. The molecule has 0 aliphatic rings. The normalized spacial score (nSPS) is 10.1. The van der Waals surface area contributed by atoms with E-state index < -0.39 is 5.91 Å². The van der Waals surface area contributed by atoms with E-state index in [1.165, 1.54) is 12.1 Å². The minimum Gasteiger partial charge on any atom is -0.381 e. The summed E-state index contributed by atoms with van der Waals surface area (Å²) in [5.41, 5.74) is 7.33. The van der Waals surface area contributed by atoms with E-state index in [2.05, 4.69) is 5.32 Å². The molecule has 0 aromatic heterocycles. The Hall–Kier alpha value is -2.36. The predicted octanol–water partition coefficient (Wildman–Crippen LogP) is 2.54. The molecule has 2 rings (SSSR count). The molecule has 0 heterocycles. The standard InChI is InChI=1S/C14H13FN2O/c15-12-2-1-3-13(8-12)17-9-10-4-6-11(7-5-10)14(16)18/h1-8,17H,9H2,(H2,16,18). The van der Waals surface area contributed by atoms with Gasteiger partial charge < -0.3 is 11.1 Å². The molecule has 2 aromatic rings. The molecule has 0 unspecified atom stereocenters. The minimum atomic E-state index is -0.445. The van der Waals surface area contributed by atoms with Crippen molar-refractivity contribution < 1.29 is 9.18 Å². The van der Waals surface area contributed by atoms with Gasteiger partial charge in [-0.3, -0.25) is 4.79 Å². The van der Waals surface area contributed by atoms with E-state index in [-0.39, 0.29) is 5.82 Å².